The number of piperidine rings is 1. The van der Waals surface area contributed by atoms with E-state index in [4.69, 9.17) is 0 Å². The normalized spacial score (nSPS) is 21.8. The van der Waals surface area contributed by atoms with Gasteiger partial charge in [-0.15, -0.1) is 17.5 Å². The molecule has 114 valence electrons. The molecule has 2 aromatic rings. The largest absolute Gasteiger partial charge is 0.348 e. The summed E-state index contributed by atoms with van der Waals surface area (Å²) in [5.41, 5.74) is 2.31. The van der Waals surface area contributed by atoms with Crippen LogP contribution >= 0.6 is 12.4 Å². The summed E-state index contributed by atoms with van der Waals surface area (Å²) in [6.45, 7) is 3.13. The molecule has 2 atom stereocenters. The van der Waals surface area contributed by atoms with E-state index in [-0.39, 0.29) is 24.4 Å². The van der Waals surface area contributed by atoms with Crippen LogP contribution in [0.1, 0.15) is 30.1 Å². The van der Waals surface area contributed by atoms with E-state index in [2.05, 4.69) is 27.9 Å². The van der Waals surface area contributed by atoms with Crippen LogP contribution < -0.4 is 10.6 Å². The van der Waals surface area contributed by atoms with E-state index in [9.17, 15) is 4.79 Å². The number of halogens is 1. The van der Waals surface area contributed by atoms with Crippen LogP contribution in [0, 0.1) is 0 Å². The maximum Gasteiger partial charge on any atom is 0.251 e. The summed E-state index contributed by atoms with van der Waals surface area (Å²) < 4.78 is 1.70. The summed E-state index contributed by atoms with van der Waals surface area (Å²) in [6, 6.07) is 6.00. The second-order valence-electron chi connectivity index (χ2n) is 5.38. The predicted molar refractivity (Wildman–Crippen MR) is 83.7 cm³/mol. The number of aryl methyl sites for hydroxylation is 1. The minimum Gasteiger partial charge on any atom is -0.348 e. The summed E-state index contributed by atoms with van der Waals surface area (Å²) in [6.07, 6.45) is 2.12. The number of carbonyl (C=O) groups excluding carboxylic acids is 1. The zero-order valence-corrected chi connectivity index (χ0v) is 13.0. The van der Waals surface area contributed by atoms with Crippen LogP contribution in [0.2, 0.25) is 0 Å². The van der Waals surface area contributed by atoms with Crippen LogP contribution in [0.25, 0.3) is 11.0 Å². The highest BCUT2D eigenvalue weighted by molar-refractivity contribution is 5.97. The summed E-state index contributed by atoms with van der Waals surface area (Å²) in [5.74, 6) is -0.0434. The van der Waals surface area contributed by atoms with Crippen molar-refractivity contribution < 1.29 is 4.79 Å². The zero-order chi connectivity index (χ0) is 14.1. The maximum absolute atomic E-state index is 12.3. The number of fused-ring (bicyclic) bond motifs is 1. The van der Waals surface area contributed by atoms with Crippen molar-refractivity contribution in [2.24, 2.45) is 7.05 Å². The third kappa shape index (κ3) is 3.16. The molecule has 1 saturated heterocycles. The Balaban J connectivity index is 0.00000161. The molecule has 0 aliphatic carbocycles. The molecular weight excluding hydrogens is 290 g/mol. The number of carbonyl (C=O) groups is 1. The first-order valence-electron chi connectivity index (χ1n) is 6.99. The van der Waals surface area contributed by atoms with Crippen molar-refractivity contribution in [3.63, 3.8) is 0 Å². The predicted octanol–water partition coefficient (Wildman–Crippen LogP) is 1.26. The lowest BCUT2D eigenvalue weighted by atomic mass is 9.99. The summed E-state index contributed by atoms with van der Waals surface area (Å²) in [7, 11) is 1.84. The SMILES string of the molecule is CC1NCCCC1NC(=O)c1ccc2c(c1)nnn2C.Cl. The molecule has 21 heavy (non-hydrogen) atoms. The highest BCUT2D eigenvalue weighted by Crippen LogP contribution is 2.14. The van der Waals surface area contributed by atoms with Crippen LogP contribution in [-0.4, -0.2) is 39.5 Å². The molecular formula is C14H20ClN5O. The van der Waals surface area contributed by atoms with Crippen molar-refractivity contribution in [1.29, 1.82) is 0 Å². The van der Waals surface area contributed by atoms with E-state index in [1.165, 1.54) is 0 Å². The van der Waals surface area contributed by atoms with Crippen molar-refractivity contribution >= 4 is 29.3 Å². The van der Waals surface area contributed by atoms with Gasteiger partial charge in [0.25, 0.3) is 5.91 Å². The molecule has 2 unspecified atom stereocenters. The monoisotopic (exact) mass is 309 g/mol. The lowest BCUT2D eigenvalue weighted by Gasteiger charge is -2.30. The summed E-state index contributed by atoms with van der Waals surface area (Å²) in [5, 5.41) is 14.5. The Hall–Kier alpha value is -1.66. The van der Waals surface area contributed by atoms with Crippen molar-refractivity contribution in [2.75, 3.05) is 6.54 Å². The number of hydrogen-bond acceptors (Lipinski definition) is 4. The number of nitrogens with zero attached hydrogens (tertiary/aromatic N) is 3. The Kier molecular flexibility index (Phi) is 4.80. The van der Waals surface area contributed by atoms with Gasteiger partial charge in [0.05, 0.1) is 5.52 Å². The van der Waals surface area contributed by atoms with Gasteiger partial charge in [-0.1, -0.05) is 5.21 Å². The Morgan fingerprint density at radius 2 is 2.29 bits per heavy atom. The van der Waals surface area contributed by atoms with Gasteiger partial charge in [-0.25, -0.2) is 4.68 Å². The molecule has 2 heterocycles. The fourth-order valence-electron chi connectivity index (χ4n) is 2.67. The van der Waals surface area contributed by atoms with Gasteiger partial charge in [0.2, 0.25) is 0 Å². The standard InChI is InChI=1S/C14H19N5O.ClH/c1-9-11(4-3-7-15-9)16-14(20)10-5-6-13-12(8-10)17-18-19(13)2;/h5-6,8-9,11,15H,3-4,7H2,1-2H3,(H,16,20);1H. The Labute approximate surface area is 129 Å². The van der Waals surface area contributed by atoms with Crippen LogP contribution in [0.3, 0.4) is 0 Å². The minimum atomic E-state index is -0.0434. The molecule has 1 amide bonds. The Bertz CT molecular complexity index is 641. The number of amides is 1. The van der Waals surface area contributed by atoms with Crippen molar-refractivity contribution in [1.82, 2.24) is 25.6 Å². The van der Waals surface area contributed by atoms with Crippen molar-refractivity contribution in [2.45, 2.75) is 31.8 Å². The molecule has 6 nitrogen and oxygen atoms in total. The van der Waals surface area contributed by atoms with Crippen LogP contribution in [0.15, 0.2) is 18.2 Å². The van der Waals surface area contributed by atoms with Gasteiger partial charge in [0, 0.05) is 24.7 Å². The van der Waals surface area contributed by atoms with Gasteiger partial charge >= 0.3 is 0 Å². The average Bonchev–Trinajstić information content (AvgIpc) is 2.82. The number of rotatable bonds is 2. The second-order valence-corrected chi connectivity index (χ2v) is 5.38. The van der Waals surface area contributed by atoms with Crippen molar-refractivity contribution in [3.05, 3.63) is 23.8 Å². The van der Waals surface area contributed by atoms with E-state index in [1.54, 1.807) is 10.7 Å². The molecule has 1 aromatic carbocycles. The first-order valence-corrected chi connectivity index (χ1v) is 6.99. The Morgan fingerprint density at radius 1 is 1.48 bits per heavy atom. The zero-order valence-electron chi connectivity index (χ0n) is 12.2. The molecule has 0 spiro atoms. The van der Waals surface area contributed by atoms with E-state index < -0.39 is 0 Å². The van der Waals surface area contributed by atoms with Gasteiger partial charge in [-0.2, -0.15) is 0 Å². The quantitative estimate of drug-likeness (QED) is 0.876. The van der Waals surface area contributed by atoms with E-state index in [0.717, 1.165) is 30.4 Å². The molecule has 0 radical (unpaired) electrons. The van der Waals surface area contributed by atoms with Gasteiger partial charge in [-0.3, -0.25) is 4.79 Å². The van der Waals surface area contributed by atoms with E-state index in [0.29, 0.717) is 11.6 Å². The highest BCUT2D eigenvalue weighted by atomic mass is 35.5. The molecule has 1 aromatic heterocycles. The summed E-state index contributed by atoms with van der Waals surface area (Å²) in [4.78, 5) is 12.3. The maximum atomic E-state index is 12.3. The van der Waals surface area contributed by atoms with Crippen LogP contribution in [-0.2, 0) is 7.05 Å². The lowest BCUT2D eigenvalue weighted by molar-refractivity contribution is 0.0920. The van der Waals surface area contributed by atoms with Gasteiger partial charge in [-0.05, 0) is 44.5 Å². The number of benzene rings is 1. The van der Waals surface area contributed by atoms with Gasteiger partial charge in [0.1, 0.15) is 5.52 Å². The van der Waals surface area contributed by atoms with E-state index >= 15 is 0 Å². The molecule has 2 N–H and O–H groups in total. The molecule has 1 aliphatic rings. The smallest absolute Gasteiger partial charge is 0.251 e. The lowest BCUT2D eigenvalue weighted by Crippen LogP contribution is -2.51. The third-order valence-electron chi connectivity index (χ3n) is 3.95. The third-order valence-corrected chi connectivity index (χ3v) is 3.95. The van der Waals surface area contributed by atoms with Gasteiger partial charge < -0.3 is 10.6 Å². The summed E-state index contributed by atoms with van der Waals surface area (Å²) >= 11 is 0. The first kappa shape index (κ1) is 15.7. The first-order chi connectivity index (χ1) is 9.65. The fourth-order valence-corrected chi connectivity index (χ4v) is 2.67. The highest BCUT2D eigenvalue weighted by Gasteiger charge is 2.23. The topological polar surface area (TPSA) is 71.8 Å². The van der Waals surface area contributed by atoms with Crippen LogP contribution in [0.4, 0.5) is 0 Å². The van der Waals surface area contributed by atoms with Crippen molar-refractivity contribution in [3.8, 4) is 0 Å². The number of nitrogens with one attached hydrogen (secondary N) is 2. The van der Waals surface area contributed by atoms with Crippen LogP contribution in [0.5, 0.6) is 0 Å². The fraction of sp³-hybridized carbons (Fsp3) is 0.500. The molecule has 3 rings (SSSR count). The number of hydrogen-bond donors (Lipinski definition) is 2. The molecule has 0 saturated carbocycles. The second kappa shape index (κ2) is 6.41. The molecule has 0 bridgehead atoms. The van der Waals surface area contributed by atoms with E-state index in [1.807, 2.05) is 19.2 Å². The molecule has 7 heteroatoms. The Morgan fingerprint density at radius 3 is 3.05 bits per heavy atom. The molecule has 1 fully saturated rings. The minimum absolute atomic E-state index is 0. The molecule has 1 aliphatic heterocycles. The average molecular weight is 310 g/mol. The number of aromatic nitrogens is 3. The van der Waals surface area contributed by atoms with Gasteiger partial charge in [0.15, 0.2) is 0 Å².